The Balaban J connectivity index is 1.75. The van der Waals surface area contributed by atoms with Crippen LogP contribution in [0.3, 0.4) is 0 Å². The molecule has 3 aliphatic rings. The van der Waals surface area contributed by atoms with Crippen LogP contribution in [0.5, 0.6) is 0 Å². The molecule has 0 aromatic carbocycles. The minimum Gasteiger partial charge on any atom is -0.460 e. The molecule has 0 amide bonds. The second-order valence-electron chi connectivity index (χ2n) is 5.85. The monoisotopic (exact) mass is 286 g/mol. The number of aliphatic imine (C=N–C) groups is 1. The zero-order chi connectivity index (χ0) is 13.3. The SMILES string of the molecule is O=S1(=O)NC(=NC2CCCCC2)O[C@H]2CCCC[C@@H]21. The number of hydrogen-bond acceptors (Lipinski definition) is 4. The van der Waals surface area contributed by atoms with Gasteiger partial charge in [0, 0.05) is 0 Å². The van der Waals surface area contributed by atoms with Crippen molar-refractivity contribution in [1.82, 2.24) is 4.72 Å². The maximum atomic E-state index is 12.2. The Morgan fingerprint density at radius 3 is 2.47 bits per heavy atom. The normalized spacial score (nSPS) is 37.2. The number of fused-ring (bicyclic) bond motifs is 1. The first-order chi connectivity index (χ1) is 9.15. The van der Waals surface area contributed by atoms with Crippen LogP contribution in [-0.2, 0) is 14.8 Å². The van der Waals surface area contributed by atoms with Crippen molar-refractivity contribution >= 4 is 16.0 Å². The third-order valence-electron chi connectivity index (χ3n) is 4.41. The lowest BCUT2D eigenvalue weighted by molar-refractivity contribution is 0.130. The van der Waals surface area contributed by atoms with Crippen molar-refractivity contribution < 1.29 is 13.2 Å². The van der Waals surface area contributed by atoms with Gasteiger partial charge in [0.15, 0.2) is 0 Å². The van der Waals surface area contributed by atoms with Crippen molar-refractivity contribution in [3.63, 3.8) is 0 Å². The molecule has 108 valence electrons. The van der Waals surface area contributed by atoms with Crippen LogP contribution in [0.2, 0.25) is 0 Å². The summed E-state index contributed by atoms with van der Waals surface area (Å²) in [6, 6.07) is 0.474. The van der Waals surface area contributed by atoms with Gasteiger partial charge in [-0.15, -0.1) is 0 Å². The van der Waals surface area contributed by atoms with Crippen molar-refractivity contribution in [2.45, 2.75) is 75.2 Å². The zero-order valence-corrected chi connectivity index (χ0v) is 12.0. The molecule has 0 aromatic rings. The van der Waals surface area contributed by atoms with Gasteiger partial charge in [0.25, 0.3) is 6.02 Å². The van der Waals surface area contributed by atoms with Crippen LogP contribution in [0, 0.1) is 0 Å². The first-order valence-corrected chi connectivity index (χ1v) is 8.96. The first-order valence-electron chi connectivity index (χ1n) is 7.41. The Kier molecular flexibility index (Phi) is 3.69. The fraction of sp³-hybridized carbons (Fsp3) is 0.923. The molecule has 1 N–H and O–H groups in total. The summed E-state index contributed by atoms with van der Waals surface area (Å²) in [7, 11) is -3.29. The molecular weight excluding hydrogens is 264 g/mol. The number of ether oxygens (including phenoxy) is 1. The molecule has 3 fully saturated rings. The van der Waals surface area contributed by atoms with Gasteiger partial charge in [0.1, 0.15) is 11.4 Å². The number of nitrogens with one attached hydrogen (secondary N) is 1. The molecular formula is C13H22N2O3S. The van der Waals surface area contributed by atoms with Crippen molar-refractivity contribution in [3.8, 4) is 0 Å². The minimum atomic E-state index is -3.29. The first kappa shape index (κ1) is 13.2. The molecule has 0 bridgehead atoms. The minimum absolute atomic E-state index is 0.192. The van der Waals surface area contributed by atoms with E-state index in [9.17, 15) is 8.42 Å². The summed E-state index contributed by atoms with van der Waals surface area (Å²) in [6.45, 7) is 0. The molecule has 5 nitrogen and oxygen atoms in total. The largest absolute Gasteiger partial charge is 0.460 e. The van der Waals surface area contributed by atoms with E-state index in [0.717, 1.165) is 32.1 Å². The Morgan fingerprint density at radius 1 is 1.00 bits per heavy atom. The fourth-order valence-electron chi connectivity index (χ4n) is 3.35. The van der Waals surface area contributed by atoms with Crippen molar-refractivity contribution in [1.29, 1.82) is 0 Å². The number of sulfonamides is 1. The highest BCUT2D eigenvalue weighted by molar-refractivity contribution is 7.90. The van der Waals surface area contributed by atoms with Crippen LogP contribution >= 0.6 is 0 Å². The van der Waals surface area contributed by atoms with Gasteiger partial charge < -0.3 is 4.74 Å². The van der Waals surface area contributed by atoms with Gasteiger partial charge in [-0.2, -0.15) is 0 Å². The number of nitrogens with zero attached hydrogens (tertiary/aromatic N) is 1. The van der Waals surface area contributed by atoms with E-state index in [0.29, 0.717) is 6.42 Å². The Morgan fingerprint density at radius 2 is 1.68 bits per heavy atom. The predicted octanol–water partition coefficient (Wildman–Crippen LogP) is 1.94. The van der Waals surface area contributed by atoms with Crippen LogP contribution in [0.25, 0.3) is 0 Å². The van der Waals surface area contributed by atoms with Gasteiger partial charge in [-0.1, -0.05) is 25.7 Å². The molecule has 6 heteroatoms. The summed E-state index contributed by atoms with van der Waals surface area (Å²) < 4.78 is 32.7. The molecule has 0 spiro atoms. The van der Waals surface area contributed by atoms with Gasteiger partial charge in [-0.05, 0) is 32.1 Å². The van der Waals surface area contributed by atoms with Crippen LogP contribution in [0.15, 0.2) is 4.99 Å². The lowest BCUT2D eigenvalue weighted by Crippen LogP contribution is -2.54. The number of rotatable bonds is 1. The van der Waals surface area contributed by atoms with E-state index in [2.05, 4.69) is 9.71 Å². The van der Waals surface area contributed by atoms with E-state index in [1.165, 1.54) is 19.3 Å². The smallest absolute Gasteiger partial charge is 0.299 e. The van der Waals surface area contributed by atoms with Crippen molar-refractivity contribution in [2.75, 3.05) is 0 Å². The standard InChI is InChI=1S/C13H22N2O3S/c16-19(17)12-9-5-4-8-11(12)18-13(15-19)14-10-6-2-1-3-7-10/h10-12H,1-9H2,(H,14,15)/t11-,12-/m0/s1. The Hall–Kier alpha value is -0.780. The molecule has 2 aliphatic carbocycles. The molecule has 19 heavy (non-hydrogen) atoms. The van der Waals surface area contributed by atoms with Crippen LogP contribution in [0.4, 0.5) is 0 Å². The molecule has 0 aromatic heterocycles. The van der Waals surface area contributed by atoms with Gasteiger partial charge in [0.2, 0.25) is 10.0 Å². The second kappa shape index (κ2) is 5.31. The topological polar surface area (TPSA) is 67.8 Å². The Bertz CT molecular complexity index is 455. The average Bonchev–Trinajstić information content (AvgIpc) is 2.39. The summed E-state index contributed by atoms with van der Waals surface area (Å²) in [4.78, 5) is 4.49. The van der Waals surface area contributed by atoms with Gasteiger partial charge in [-0.25, -0.2) is 18.1 Å². The van der Waals surface area contributed by atoms with E-state index in [1.807, 2.05) is 0 Å². The molecule has 1 aliphatic heterocycles. The highest BCUT2D eigenvalue weighted by Gasteiger charge is 2.42. The van der Waals surface area contributed by atoms with Crippen LogP contribution in [0.1, 0.15) is 57.8 Å². The lowest BCUT2D eigenvalue weighted by atomic mass is 9.96. The second-order valence-corrected chi connectivity index (χ2v) is 7.75. The average molecular weight is 286 g/mol. The molecule has 3 rings (SSSR count). The number of amidine groups is 1. The third-order valence-corrected chi connectivity index (χ3v) is 6.20. The van der Waals surface area contributed by atoms with Crippen molar-refractivity contribution in [2.24, 2.45) is 4.99 Å². The summed E-state index contributed by atoms with van der Waals surface area (Å²) in [5, 5.41) is -0.383. The van der Waals surface area contributed by atoms with E-state index >= 15 is 0 Å². The van der Waals surface area contributed by atoms with E-state index in [4.69, 9.17) is 4.74 Å². The van der Waals surface area contributed by atoms with E-state index < -0.39 is 10.0 Å². The van der Waals surface area contributed by atoms with Crippen LogP contribution in [-0.4, -0.2) is 31.8 Å². The summed E-state index contributed by atoms with van der Waals surface area (Å²) in [5.74, 6) is 0. The van der Waals surface area contributed by atoms with E-state index in [-0.39, 0.29) is 23.4 Å². The predicted molar refractivity (Wildman–Crippen MR) is 73.5 cm³/mol. The number of hydrogen-bond donors (Lipinski definition) is 1. The fourth-order valence-corrected chi connectivity index (χ4v) is 4.91. The maximum absolute atomic E-state index is 12.2. The quantitative estimate of drug-likeness (QED) is 0.801. The summed E-state index contributed by atoms with van der Waals surface area (Å²) >= 11 is 0. The lowest BCUT2D eigenvalue weighted by Gasteiger charge is -2.36. The highest BCUT2D eigenvalue weighted by atomic mass is 32.2. The molecule has 1 saturated heterocycles. The third kappa shape index (κ3) is 2.88. The van der Waals surface area contributed by atoms with Crippen molar-refractivity contribution in [3.05, 3.63) is 0 Å². The molecule has 1 heterocycles. The van der Waals surface area contributed by atoms with Gasteiger partial charge >= 0.3 is 0 Å². The molecule has 0 radical (unpaired) electrons. The van der Waals surface area contributed by atoms with Crippen LogP contribution < -0.4 is 4.72 Å². The molecule has 2 atom stereocenters. The van der Waals surface area contributed by atoms with Gasteiger partial charge in [-0.3, -0.25) is 0 Å². The summed E-state index contributed by atoms with van der Waals surface area (Å²) in [5.41, 5.74) is 0. The maximum Gasteiger partial charge on any atom is 0.299 e. The zero-order valence-electron chi connectivity index (χ0n) is 11.2. The van der Waals surface area contributed by atoms with Gasteiger partial charge in [0.05, 0.1) is 6.04 Å². The van der Waals surface area contributed by atoms with E-state index in [1.54, 1.807) is 0 Å². The molecule has 2 saturated carbocycles. The Labute approximate surface area is 114 Å². The summed E-state index contributed by atoms with van der Waals surface area (Å²) in [6.07, 6.45) is 9.08. The highest BCUT2D eigenvalue weighted by Crippen LogP contribution is 2.29. The molecule has 0 unspecified atom stereocenters.